The van der Waals surface area contributed by atoms with E-state index in [1.165, 1.54) is 0 Å². The van der Waals surface area contributed by atoms with Crippen molar-refractivity contribution in [1.29, 1.82) is 0 Å². The topological polar surface area (TPSA) is 75.4 Å². The number of carbonyl (C=O) groups excluding carboxylic acids is 1. The Morgan fingerprint density at radius 1 is 1.27 bits per heavy atom. The maximum Gasteiger partial charge on any atom is 0.223 e. The number of oxazole rings is 1. The fourth-order valence-electron chi connectivity index (χ4n) is 2.01. The van der Waals surface area contributed by atoms with Gasteiger partial charge in [0.15, 0.2) is 5.76 Å². The Labute approximate surface area is 130 Å². The van der Waals surface area contributed by atoms with Crippen LogP contribution >= 0.6 is 0 Å². The number of nitrogens with zero attached hydrogens (tertiary/aromatic N) is 1. The van der Waals surface area contributed by atoms with Crippen LogP contribution in [-0.4, -0.2) is 22.1 Å². The van der Waals surface area contributed by atoms with Gasteiger partial charge < -0.3 is 14.8 Å². The lowest BCUT2D eigenvalue weighted by Crippen LogP contribution is -2.31. The van der Waals surface area contributed by atoms with Crippen LogP contribution < -0.4 is 5.32 Å². The third-order valence-corrected chi connectivity index (χ3v) is 3.49. The molecule has 0 saturated heterocycles. The average Bonchev–Trinajstić information content (AvgIpc) is 2.97. The molecule has 5 nitrogen and oxygen atoms in total. The highest BCUT2D eigenvalue weighted by molar-refractivity contribution is 5.76. The predicted molar refractivity (Wildman–Crippen MR) is 84.0 cm³/mol. The predicted octanol–water partition coefficient (Wildman–Crippen LogP) is 2.93. The second-order valence-corrected chi connectivity index (χ2v) is 5.73. The van der Waals surface area contributed by atoms with Gasteiger partial charge in [-0.2, -0.15) is 0 Å². The first-order valence-electron chi connectivity index (χ1n) is 7.46. The molecule has 0 radical (unpaired) electrons. The van der Waals surface area contributed by atoms with Crippen molar-refractivity contribution in [1.82, 2.24) is 10.3 Å². The van der Waals surface area contributed by atoms with E-state index in [2.05, 4.69) is 10.3 Å². The highest BCUT2D eigenvalue weighted by atomic mass is 16.4. The summed E-state index contributed by atoms with van der Waals surface area (Å²) >= 11 is 0. The summed E-state index contributed by atoms with van der Waals surface area (Å²) in [5.41, 5.74) is 0.940. The molecule has 0 aliphatic carbocycles. The third-order valence-electron chi connectivity index (χ3n) is 3.49. The molecular formula is C17H22N2O3. The number of hydrogen-bond donors (Lipinski definition) is 2. The van der Waals surface area contributed by atoms with Gasteiger partial charge in [0.1, 0.15) is 6.04 Å². The van der Waals surface area contributed by atoms with E-state index in [-0.39, 0.29) is 24.3 Å². The highest BCUT2D eigenvalue weighted by Crippen LogP contribution is 2.22. The van der Waals surface area contributed by atoms with E-state index in [1.54, 1.807) is 13.1 Å². The van der Waals surface area contributed by atoms with Gasteiger partial charge in [-0.3, -0.25) is 4.79 Å². The molecule has 5 heteroatoms. The van der Waals surface area contributed by atoms with Gasteiger partial charge in [0.2, 0.25) is 11.8 Å². The lowest BCUT2D eigenvalue weighted by molar-refractivity contribution is -0.124. The maximum absolute atomic E-state index is 11.9. The van der Waals surface area contributed by atoms with Crippen molar-refractivity contribution in [2.24, 2.45) is 5.92 Å². The van der Waals surface area contributed by atoms with Crippen molar-refractivity contribution in [3.63, 3.8) is 0 Å². The molecule has 0 spiro atoms. The van der Waals surface area contributed by atoms with Gasteiger partial charge in [0, 0.05) is 5.56 Å². The molecule has 0 bridgehead atoms. The second-order valence-electron chi connectivity index (χ2n) is 5.73. The minimum atomic E-state index is -0.642. The molecule has 1 aromatic heterocycles. The van der Waals surface area contributed by atoms with Crippen LogP contribution in [0.1, 0.15) is 39.1 Å². The molecule has 1 heterocycles. The number of aliphatic hydroxyl groups is 1. The van der Waals surface area contributed by atoms with E-state index in [1.807, 2.05) is 44.2 Å². The molecule has 0 aliphatic heterocycles. The van der Waals surface area contributed by atoms with Gasteiger partial charge in [-0.1, -0.05) is 44.2 Å². The number of benzene rings is 1. The molecule has 2 N–H and O–H groups in total. The molecular weight excluding hydrogens is 280 g/mol. The Balaban J connectivity index is 1.97. The molecule has 0 saturated carbocycles. The summed E-state index contributed by atoms with van der Waals surface area (Å²) in [5, 5.41) is 12.5. The van der Waals surface area contributed by atoms with Crippen molar-refractivity contribution >= 4 is 5.91 Å². The fourth-order valence-corrected chi connectivity index (χ4v) is 2.01. The van der Waals surface area contributed by atoms with Gasteiger partial charge in [0.05, 0.1) is 18.7 Å². The summed E-state index contributed by atoms with van der Waals surface area (Å²) in [7, 11) is 0. The van der Waals surface area contributed by atoms with Gasteiger partial charge in [-0.25, -0.2) is 4.98 Å². The van der Waals surface area contributed by atoms with Crippen molar-refractivity contribution in [2.45, 2.75) is 39.3 Å². The minimum Gasteiger partial charge on any atom is -0.438 e. The Morgan fingerprint density at radius 3 is 2.59 bits per heavy atom. The third kappa shape index (κ3) is 4.18. The summed E-state index contributed by atoms with van der Waals surface area (Å²) in [4.78, 5) is 16.1. The molecule has 1 aromatic carbocycles. The zero-order chi connectivity index (χ0) is 16.1. The monoisotopic (exact) mass is 302 g/mol. The van der Waals surface area contributed by atoms with Gasteiger partial charge in [0.25, 0.3) is 0 Å². The number of aliphatic hydroxyl groups excluding tert-OH is 1. The maximum atomic E-state index is 11.9. The Morgan fingerprint density at radius 2 is 1.95 bits per heavy atom. The quantitative estimate of drug-likeness (QED) is 0.860. The van der Waals surface area contributed by atoms with Crippen molar-refractivity contribution < 1.29 is 14.3 Å². The molecule has 0 aliphatic rings. The van der Waals surface area contributed by atoms with Crippen LogP contribution in [0.2, 0.25) is 0 Å². The van der Waals surface area contributed by atoms with E-state index >= 15 is 0 Å². The standard InChI is InChI=1S/C17H22N2O3/c1-11(2)14(20)9-16(21)19-12(3)17-18-10-15(22-17)13-7-5-4-6-8-13/h4-8,10-12,14,20H,9H2,1-3H3,(H,19,21). The van der Waals surface area contributed by atoms with Gasteiger partial charge in [-0.05, 0) is 12.8 Å². The van der Waals surface area contributed by atoms with Crippen molar-refractivity contribution in [3.05, 3.63) is 42.4 Å². The van der Waals surface area contributed by atoms with E-state index in [9.17, 15) is 9.90 Å². The number of carbonyl (C=O) groups is 1. The van der Waals surface area contributed by atoms with Gasteiger partial charge >= 0.3 is 0 Å². The molecule has 118 valence electrons. The van der Waals surface area contributed by atoms with Gasteiger partial charge in [-0.15, -0.1) is 0 Å². The van der Waals surface area contributed by atoms with Crippen LogP contribution in [0.5, 0.6) is 0 Å². The van der Waals surface area contributed by atoms with Crippen LogP contribution in [0.25, 0.3) is 11.3 Å². The zero-order valence-corrected chi connectivity index (χ0v) is 13.1. The van der Waals surface area contributed by atoms with E-state index in [0.717, 1.165) is 5.56 Å². The smallest absolute Gasteiger partial charge is 0.223 e. The average molecular weight is 302 g/mol. The molecule has 0 fully saturated rings. The number of hydrogen-bond acceptors (Lipinski definition) is 4. The van der Waals surface area contributed by atoms with Crippen molar-refractivity contribution in [2.75, 3.05) is 0 Å². The lowest BCUT2D eigenvalue weighted by Gasteiger charge is -2.16. The summed E-state index contributed by atoms with van der Waals surface area (Å²) in [6.07, 6.45) is 1.08. The molecule has 1 amide bonds. The molecule has 2 rings (SSSR count). The first kappa shape index (κ1) is 16.2. The Kier molecular flexibility index (Phi) is 5.33. The second kappa shape index (κ2) is 7.22. The largest absolute Gasteiger partial charge is 0.438 e. The number of nitrogens with one attached hydrogen (secondary N) is 1. The van der Waals surface area contributed by atoms with Crippen LogP contribution in [0, 0.1) is 5.92 Å². The first-order valence-corrected chi connectivity index (χ1v) is 7.46. The fraction of sp³-hybridized carbons (Fsp3) is 0.412. The molecule has 2 atom stereocenters. The SMILES string of the molecule is CC(NC(=O)CC(O)C(C)C)c1ncc(-c2ccccc2)o1. The Bertz CT molecular complexity index is 607. The van der Waals surface area contributed by atoms with E-state index in [4.69, 9.17) is 4.42 Å². The number of rotatable bonds is 6. The molecule has 22 heavy (non-hydrogen) atoms. The highest BCUT2D eigenvalue weighted by Gasteiger charge is 2.19. The minimum absolute atomic E-state index is 0.0486. The first-order chi connectivity index (χ1) is 10.5. The summed E-state index contributed by atoms with van der Waals surface area (Å²) in [6.45, 7) is 5.56. The van der Waals surface area contributed by atoms with Crippen LogP contribution in [-0.2, 0) is 4.79 Å². The van der Waals surface area contributed by atoms with E-state index < -0.39 is 6.10 Å². The zero-order valence-electron chi connectivity index (χ0n) is 13.1. The summed E-state index contributed by atoms with van der Waals surface area (Å²) in [6, 6.07) is 9.32. The Hall–Kier alpha value is -2.14. The number of aromatic nitrogens is 1. The number of amides is 1. The van der Waals surface area contributed by atoms with Crippen LogP contribution in [0.15, 0.2) is 40.9 Å². The van der Waals surface area contributed by atoms with Crippen molar-refractivity contribution in [3.8, 4) is 11.3 Å². The molecule has 2 unspecified atom stereocenters. The van der Waals surface area contributed by atoms with E-state index in [0.29, 0.717) is 11.7 Å². The van der Waals surface area contributed by atoms with Crippen LogP contribution in [0.3, 0.4) is 0 Å². The normalized spacial score (nSPS) is 13.9. The summed E-state index contributed by atoms with van der Waals surface area (Å²) < 4.78 is 5.70. The molecule has 2 aromatic rings. The van der Waals surface area contributed by atoms with Crippen LogP contribution in [0.4, 0.5) is 0 Å². The summed E-state index contributed by atoms with van der Waals surface area (Å²) in [5.74, 6) is 0.950. The lowest BCUT2D eigenvalue weighted by atomic mass is 10.0.